The van der Waals surface area contributed by atoms with Crippen molar-refractivity contribution in [2.75, 3.05) is 43.1 Å². The number of nitrogens with one attached hydrogen (secondary N) is 2. The van der Waals surface area contributed by atoms with E-state index in [-0.39, 0.29) is 10.8 Å². The van der Waals surface area contributed by atoms with Gasteiger partial charge in [0, 0.05) is 43.5 Å². The second-order valence-corrected chi connectivity index (χ2v) is 10.0. The first-order chi connectivity index (χ1) is 16.0. The van der Waals surface area contributed by atoms with Crippen LogP contribution in [0.25, 0.3) is 0 Å². The highest BCUT2D eigenvalue weighted by Gasteiger charge is 2.20. The smallest absolute Gasteiger partial charge is 0.240 e. The van der Waals surface area contributed by atoms with Crippen LogP contribution >= 0.6 is 0 Å². The van der Waals surface area contributed by atoms with E-state index in [2.05, 4.69) is 34.0 Å². The lowest BCUT2D eigenvalue weighted by molar-refractivity contribution is -0.116. The predicted octanol–water partition coefficient (Wildman–Crippen LogP) is 3.32. The predicted molar refractivity (Wildman–Crippen MR) is 128 cm³/mol. The highest BCUT2D eigenvalue weighted by atomic mass is 32.2. The molecular weight excluding hydrogens is 442 g/mol. The lowest BCUT2D eigenvalue weighted by Gasteiger charge is -2.18. The SMILES string of the molecule is CCN1CCc2ccc(NC(=O)CCCCCNS(=O)(=O)c3ccc4c(c3)OCCO4)cc21. The van der Waals surface area contributed by atoms with Gasteiger partial charge in [-0.3, -0.25) is 4.79 Å². The van der Waals surface area contributed by atoms with Crippen molar-refractivity contribution in [1.29, 1.82) is 0 Å². The van der Waals surface area contributed by atoms with Gasteiger partial charge in [0.05, 0.1) is 4.90 Å². The van der Waals surface area contributed by atoms with Gasteiger partial charge in [-0.1, -0.05) is 12.5 Å². The quantitative estimate of drug-likeness (QED) is 0.514. The van der Waals surface area contributed by atoms with Crippen molar-refractivity contribution in [2.24, 2.45) is 0 Å². The van der Waals surface area contributed by atoms with E-state index in [1.165, 1.54) is 23.4 Å². The summed E-state index contributed by atoms with van der Waals surface area (Å²) in [6.45, 7) is 5.30. The molecule has 1 amide bonds. The molecule has 33 heavy (non-hydrogen) atoms. The number of hydrogen-bond donors (Lipinski definition) is 2. The molecule has 2 N–H and O–H groups in total. The van der Waals surface area contributed by atoms with Crippen molar-refractivity contribution < 1.29 is 22.7 Å². The third kappa shape index (κ3) is 5.78. The number of benzene rings is 2. The van der Waals surface area contributed by atoms with Gasteiger partial charge in [-0.2, -0.15) is 0 Å². The first kappa shape index (κ1) is 23.4. The Kier molecular flexibility index (Phi) is 7.39. The molecule has 2 aromatic rings. The zero-order valence-corrected chi connectivity index (χ0v) is 19.7. The minimum atomic E-state index is -3.62. The summed E-state index contributed by atoms with van der Waals surface area (Å²) in [5, 5.41) is 2.98. The average molecular weight is 474 g/mol. The fraction of sp³-hybridized carbons (Fsp3) is 0.458. The molecule has 2 heterocycles. The molecule has 4 rings (SSSR count). The molecule has 0 aliphatic carbocycles. The molecule has 0 saturated heterocycles. The van der Waals surface area contributed by atoms with Crippen LogP contribution in [0.15, 0.2) is 41.3 Å². The number of carbonyl (C=O) groups excluding carboxylic acids is 1. The fourth-order valence-corrected chi connectivity index (χ4v) is 5.23. The number of amides is 1. The van der Waals surface area contributed by atoms with E-state index < -0.39 is 10.0 Å². The van der Waals surface area contributed by atoms with E-state index in [0.29, 0.717) is 50.5 Å². The Hall–Kier alpha value is -2.78. The van der Waals surface area contributed by atoms with Crippen LogP contribution in [0.2, 0.25) is 0 Å². The Morgan fingerprint density at radius 3 is 2.67 bits per heavy atom. The normalized spacial score (nSPS) is 14.8. The summed E-state index contributed by atoms with van der Waals surface area (Å²) in [7, 11) is -3.62. The zero-order chi connectivity index (χ0) is 23.3. The average Bonchev–Trinajstić information content (AvgIpc) is 3.23. The van der Waals surface area contributed by atoms with Crippen LogP contribution in [0.4, 0.5) is 11.4 Å². The van der Waals surface area contributed by atoms with E-state index in [1.54, 1.807) is 6.07 Å². The molecule has 0 aromatic heterocycles. The largest absolute Gasteiger partial charge is 0.486 e. The number of sulfonamides is 1. The maximum Gasteiger partial charge on any atom is 0.240 e. The van der Waals surface area contributed by atoms with Crippen molar-refractivity contribution in [1.82, 2.24) is 4.72 Å². The van der Waals surface area contributed by atoms with E-state index in [9.17, 15) is 13.2 Å². The van der Waals surface area contributed by atoms with Crippen LogP contribution in [-0.4, -0.2) is 47.2 Å². The van der Waals surface area contributed by atoms with Crippen LogP contribution in [-0.2, 0) is 21.2 Å². The summed E-state index contributed by atoms with van der Waals surface area (Å²) in [4.78, 5) is 14.8. The van der Waals surface area contributed by atoms with Crippen LogP contribution in [0.5, 0.6) is 11.5 Å². The minimum absolute atomic E-state index is 0.0205. The molecule has 8 nitrogen and oxygen atoms in total. The number of unbranched alkanes of at least 4 members (excludes halogenated alkanes) is 2. The molecular formula is C24H31N3O5S. The summed E-state index contributed by atoms with van der Waals surface area (Å²) in [6.07, 6.45) is 3.56. The zero-order valence-electron chi connectivity index (χ0n) is 18.9. The topological polar surface area (TPSA) is 97.0 Å². The Labute approximate surface area is 195 Å². The maximum atomic E-state index is 12.5. The van der Waals surface area contributed by atoms with Crippen molar-refractivity contribution in [3.05, 3.63) is 42.0 Å². The monoisotopic (exact) mass is 473 g/mol. The standard InChI is InChI=1S/C24H31N3O5S/c1-2-27-13-11-18-7-8-19(16-21(18)27)26-24(28)6-4-3-5-12-25-33(29,30)20-9-10-22-23(17-20)32-15-14-31-22/h7-10,16-17,25H,2-6,11-15H2,1H3,(H,26,28). The van der Waals surface area contributed by atoms with Crippen molar-refractivity contribution >= 4 is 27.3 Å². The van der Waals surface area contributed by atoms with E-state index >= 15 is 0 Å². The number of ether oxygens (including phenoxy) is 2. The Balaban J connectivity index is 1.17. The number of nitrogens with zero attached hydrogens (tertiary/aromatic N) is 1. The fourth-order valence-electron chi connectivity index (χ4n) is 4.14. The van der Waals surface area contributed by atoms with Gasteiger partial charge < -0.3 is 19.7 Å². The number of rotatable bonds is 10. The minimum Gasteiger partial charge on any atom is -0.486 e. The Morgan fingerprint density at radius 2 is 1.85 bits per heavy atom. The maximum absolute atomic E-state index is 12.5. The van der Waals surface area contributed by atoms with Crippen molar-refractivity contribution in [3.63, 3.8) is 0 Å². The highest BCUT2D eigenvalue weighted by molar-refractivity contribution is 7.89. The highest BCUT2D eigenvalue weighted by Crippen LogP contribution is 2.32. The number of anilines is 2. The van der Waals surface area contributed by atoms with E-state index in [4.69, 9.17) is 9.47 Å². The lowest BCUT2D eigenvalue weighted by Crippen LogP contribution is -2.25. The third-order valence-electron chi connectivity index (χ3n) is 5.94. The second kappa shape index (κ2) is 10.4. The first-order valence-corrected chi connectivity index (χ1v) is 13.0. The van der Waals surface area contributed by atoms with Crippen molar-refractivity contribution in [3.8, 4) is 11.5 Å². The molecule has 2 aliphatic heterocycles. The van der Waals surface area contributed by atoms with Crippen LogP contribution in [0.1, 0.15) is 38.2 Å². The number of hydrogen-bond acceptors (Lipinski definition) is 6. The van der Waals surface area contributed by atoms with Gasteiger partial charge in [0.2, 0.25) is 15.9 Å². The summed E-state index contributed by atoms with van der Waals surface area (Å²) in [5.41, 5.74) is 3.36. The molecule has 178 valence electrons. The molecule has 9 heteroatoms. The molecule has 0 unspecified atom stereocenters. The number of likely N-dealkylation sites (N-methyl/N-ethyl adjacent to an activating group) is 1. The summed E-state index contributed by atoms with van der Waals surface area (Å²) in [5.74, 6) is 0.981. The molecule has 0 atom stereocenters. The van der Waals surface area contributed by atoms with Gasteiger partial charge in [-0.15, -0.1) is 0 Å². The van der Waals surface area contributed by atoms with Gasteiger partial charge in [0.1, 0.15) is 13.2 Å². The molecule has 0 bridgehead atoms. The summed E-state index contributed by atoms with van der Waals surface area (Å²) < 4.78 is 38.5. The lowest BCUT2D eigenvalue weighted by atomic mass is 10.1. The Morgan fingerprint density at radius 1 is 1.03 bits per heavy atom. The van der Waals surface area contributed by atoms with Gasteiger partial charge >= 0.3 is 0 Å². The first-order valence-electron chi connectivity index (χ1n) is 11.5. The molecule has 2 aromatic carbocycles. The van der Waals surface area contributed by atoms with Gasteiger partial charge in [-0.05, 0) is 56.0 Å². The molecule has 0 spiro atoms. The van der Waals surface area contributed by atoms with Gasteiger partial charge in [0.25, 0.3) is 0 Å². The molecule has 2 aliphatic rings. The van der Waals surface area contributed by atoms with Gasteiger partial charge in [-0.25, -0.2) is 13.1 Å². The van der Waals surface area contributed by atoms with Crippen molar-refractivity contribution in [2.45, 2.75) is 43.9 Å². The van der Waals surface area contributed by atoms with E-state index in [0.717, 1.165) is 31.6 Å². The molecule has 0 saturated carbocycles. The van der Waals surface area contributed by atoms with Crippen LogP contribution in [0, 0.1) is 0 Å². The molecule has 0 radical (unpaired) electrons. The van der Waals surface area contributed by atoms with Gasteiger partial charge in [0.15, 0.2) is 11.5 Å². The summed E-state index contributed by atoms with van der Waals surface area (Å²) >= 11 is 0. The number of carbonyl (C=O) groups is 1. The summed E-state index contributed by atoms with van der Waals surface area (Å²) in [6, 6.07) is 10.7. The molecule has 0 fully saturated rings. The Bertz CT molecular complexity index is 1100. The number of fused-ring (bicyclic) bond motifs is 2. The second-order valence-electron chi connectivity index (χ2n) is 8.24. The third-order valence-corrected chi connectivity index (χ3v) is 7.40. The van der Waals surface area contributed by atoms with Crippen LogP contribution < -0.4 is 24.4 Å². The van der Waals surface area contributed by atoms with E-state index in [1.807, 2.05) is 6.07 Å². The van der Waals surface area contributed by atoms with Crippen LogP contribution in [0.3, 0.4) is 0 Å².